The molecule has 0 heterocycles. The average molecular weight is 146 g/mol. The fourth-order valence-electron chi connectivity index (χ4n) is 0.500. The van der Waals surface area contributed by atoms with Gasteiger partial charge in [0.15, 0.2) is 0 Å². The van der Waals surface area contributed by atoms with Crippen molar-refractivity contribution in [1.29, 1.82) is 0 Å². The van der Waals surface area contributed by atoms with Gasteiger partial charge in [0.2, 0.25) is 0 Å². The first-order valence-corrected chi connectivity index (χ1v) is 2.41. The number of nitro groups is 1. The van der Waals surface area contributed by atoms with Gasteiger partial charge in [-0.3, -0.25) is 10.1 Å². The molecule has 0 spiro atoms. The van der Waals surface area contributed by atoms with Gasteiger partial charge in [-0.15, -0.1) is 0 Å². The standard InChI is InChI=1S/C6H4NO2.Na.H/c8-7(9)6-4-2-1-3-5-6;;/h2-5H;;. The maximum absolute atomic E-state index is 9.99. The molecule has 0 amide bonds. The molecule has 0 bridgehead atoms. The number of nitro benzene ring substituents is 1. The monoisotopic (exact) mass is 146 g/mol. The third-order valence-electron chi connectivity index (χ3n) is 0.911. The average Bonchev–Trinajstić information content (AvgIpc) is 1.90. The molecule has 10 heavy (non-hydrogen) atoms. The Morgan fingerprint density at radius 1 is 1.40 bits per heavy atom. The summed E-state index contributed by atoms with van der Waals surface area (Å²) in [5.41, 5.74) is 0.105. The Hall–Kier alpha value is -0.380. The zero-order chi connectivity index (χ0) is 6.69. The van der Waals surface area contributed by atoms with Gasteiger partial charge in [0.1, 0.15) is 0 Å². The van der Waals surface area contributed by atoms with E-state index < -0.39 is 4.92 Å². The molecule has 1 aromatic carbocycles. The van der Waals surface area contributed by atoms with Crippen molar-refractivity contribution in [3.63, 3.8) is 0 Å². The van der Waals surface area contributed by atoms with Crippen molar-refractivity contribution in [1.82, 2.24) is 0 Å². The molecule has 0 N–H and O–H groups in total. The second-order valence-corrected chi connectivity index (χ2v) is 1.52. The maximum atomic E-state index is 9.99. The number of hydrogen-bond acceptors (Lipinski definition) is 2. The van der Waals surface area contributed by atoms with Crippen LogP contribution in [0.1, 0.15) is 0 Å². The Bertz CT molecular complexity index is 212. The minimum absolute atomic E-state index is 0. The predicted molar refractivity (Wildman–Crippen MR) is 39.1 cm³/mol. The normalized spacial score (nSPS) is 8.00. The quantitative estimate of drug-likeness (QED) is 0.333. The summed E-state index contributed by atoms with van der Waals surface area (Å²) in [4.78, 5) is 9.56. The number of hydrogen-bond donors (Lipinski definition) is 0. The first-order chi connectivity index (χ1) is 4.30. The van der Waals surface area contributed by atoms with Crippen molar-refractivity contribution in [3.05, 3.63) is 40.4 Å². The van der Waals surface area contributed by atoms with Crippen LogP contribution in [0.25, 0.3) is 0 Å². The summed E-state index contributed by atoms with van der Waals surface area (Å²) >= 11 is 0. The van der Waals surface area contributed by atoms with Gasteiger partial charge in [-0.25, -0.2) is 0 Å². The Morgan fingerprint density at radius 2 is 1.90 bits per heavy atom. The predicted octanol–water partition coefficient (Wildman–Crippen LogP) is 0.746. The molecule has 0 aliphatic rings. The van der Waals surface area contributed by atoms with E-state index in [1.807, 2.05) is 0 Å². The molecule has 0 saturated heterocycles. The second kappa shape index (κ2) is 4.44. The molecule has 0 fully saturated rings. The molecule has 0 unspecified atom stereocenters. The van der Waals surface area contributed by atoms with E-state index >= 15 is 0 Å². The SMILES string of the molecule is O=[N+]([O-])c1cc[c]cc1.[NaH]. The molecule has 47 valence electrons. The summed E-state index contributed by atoms with van der Waals surface area (Å²) in [6, 6.07) is 8.51. The molecule has 1 radical (unpaired) electrons. The molecular weight excluding hydrogens is 141 g/mol. The number of nitrogens with zero attached hydrogens (tertiary/aromatic N) is 1. The molecule has 3 nitrogen and oxygen atoms in total. The number of benzene rings is 1. The number of non-ortho nitro benzene ring substituents is 1. The molecular formula is C6H5NNaO2. The first kappa shape index (κ1) is 9.62. The second-order valence-electron chi connectivity index (χ2n) is 1.52. The van der Waals surface area contributed by atoms with Crippen LogP contribution < -0.4 is 0 Å². The van der Waals surface area contributed by atoms with E-state index in [0.29, 0.717) is 0 Å². The zero-order valence-electron chi connectivity index (χ0n) is 4.57. The Kier molecular flexibility index (Phi) is 4.27. The van der Waals surface area contributed by atoms with E-state index in [2.05, 4.69) is 6.07 Å². The van der Waals surface area contributed by atoms with E-state index in [-0.39, 0.29) is 35.2 Å². The van der Waals surface area contributed by atoms with Crippen molar-refractivity contribution in [2.75, 3.05) is 0 Å². The van der Waals surface area contributed by atoms with E-state index in [4.69, 9.17) is 0 Å². The van der Waals surface area contributed by atoms with Gasteiger partial charge < -0.3 is 0 Å². The molecule has 0 atom stereocenters. The Balaban J connectivity index is 0.000000810. The fraction of sp³-hybridized carbons (Fsp3) is 0. The van der Waals surface area contributed by atoms with Crippen LogP contribution in [0, 0.1) is 16.2 Å². The topological polar surface area (TPSA) is 43.1 Å². The van der Waals surface area contributed by atoms with Gasteiger partial charge >= 0.3 is 29.6 Å². The summed E-state index contributed by atoms with van der Waals surface area (Å²) in [5, 5.41) is 9.99. The van der Waals surface area contributed by atoms with Crippen LogP contribution >= 0.6 is 0 Å². The molecule has 1 rings (SSSR count). The summed E-state index contributed by atoms with van der Waals surface area (Å²) in [5.74, 6) is 0. The van der Waals surface area contributed by atoms with Crippen LogP contribution in [0.3, 0.4) is 0 Å². The van der Waals surface area contributed by atoms with Gasteiger partial charge in [0.05, 0.1) is 4.92 Å². The Morgan fingerprint density at radius 3 is 2.20 bits per heavy atom. The van der Waals surface area contributed by atoms with Crippen LogP contribution in [0.4, 0.5) is 5.69 Å². The molecule has 4 heteroatoms. The van der Waals surface area contributed by atoms with Gasteiger partial charge in [0, 0.05) is 12.1 Å². The summed E-state index contributed by atoms with van der Waals surface area (Å²) < 4.78 is 0. The molecule has 1 aromatic rings. The van der Waals surface area contributed by atoms with Crippen molar-refractivity contribution in [2.24, 2.45) is 0 Å². The van der Waals surface area contributed by atoms with Gasteiger partial charge in [-0.2, -0.15) is 0 Å². The van der Waals surface area contributed by atoms with Crippen LogP contribution in [0.15, 0.2) is 24.3 Å². The first-order valence-electron chi connectivity index (χ1n) is 2.41. The van der Waals surface area contributed by atoms with E-state index in [9.17, 15) is 10.1 Å². The molecule has 0 aromatic heterocycles. The minimum atomic E-state index is -0.437. The van der Waals surface area contributed by atoms with E-state index in [1.165, 1.54) is 24.3 Å². The van der Waals surface area contributed by atoms with Crippen molar-refractivity contribution in [3.8, 4) is 0 Å². The van der Waals surface area contributed by atoms with E-state index in [0.717, 1.165) is 0 Å². The zero-order valence-corrected chi connectivity index (χ0v) is 4.57. The van der Waals surface area contributed by atoms with E-state index in [1.54, 1.807) is 0 Å². The van der Waals surface area contributed by atoms with Crippen LogP contribution in [-0.2, 0) is 0 Å². The van der Waals surface area contributed by atoms with Gasteiger partial charge in [0.25, 0.3) is 5.69 Å². The van der Waals surface area contributed by atoms with Crippen molar-refractivity contribution in [2.45, 2.75) is 0 Å². The van der Waals surface area contributed by atoms with Crippen LogP contribution in [-0.4, -0.2) is 34.5 Å². The third kappa shape index (κ3) is 2.47. The fourth-order valence-corrected chi connectivity index (χ4v) is 0.500. The Labute approximate surface area is 80.5 Å². The third-order valence-corrected chi connectivity index (χ3v) is 0.911. The summed E-state index contributed by atoms with van der Waals surface area (Å²) in [6.07, 6.45) is 0. The number of rotatable bonds is 1. The van der Waals surface area contributed by atoms with Crippen LogP contribution in [0.5, 0.6) is 0 Å². The van der Waals surface area contributed by atoms with Gasteiger partial charge in [-0.1, -0.05) is 0 Å². The van der Waals surface area contributed by atoms with Crippen LogP contribution in [0.2, 0.25) is 0 Å². The molecule has 0 aliphatic carbocycles. The summed E-state index contributed by atoms with van der Waals surface area (Å²) in [7, 11) is 0. The van der Waals surface area contributed by atoms with Crippen molar-refractivity contribution >= 4 is 35.2 Å². The van der Waals surface area contributed by atoms with Gasteiger partial charge in [-0.05, 0) is 18.2 Å². The molecule has 0 aliphatic heterocycles. The van der Waals surface area contributed by atoms with Crippen molar-refractivity contribution < 1.29 is 4.92 Å². The molecule has 0 saturated carbocycles. The summed E-state index contributed by atoms with van der Waals surface area (Å²) in [6.45, 7) is 0.